The van der Waals surface area contributed by atoms with E-state index in [9.17, 15) is 0 Å². The van der Waals surface area contributed by atoms with E-state index in [-0.39, 0.29) is 0 Å². The Bertz CT molecular complexity index is 186. The molecule has 1 heteroatoms. The molecule has 1 nitrogen and oxygen atoms in total. The van der Waals surface area contributed by atoms with Gasteiger partial charge in [0.2, 0.25) is 0 Å². The van der Waals surface area contributed by atoms with E-state index in [0.29, 0.717) is 6.61 Å². The van der Waals surface area contributed by atoms with Crippen molar-refractivity contribution >= 4 is 0 Å². The van der Waals surface area contributed by atoms with Gasteiger partial charge in [-0.15, -0.1) is 0 Å². The summed E-state index contributed by atoms with van der Waals surface area (Å²) in [6, 6.07) is 0. The van der Waals surface area contributed by atoms with Crippen LogP contribution in [0.5, 0.6) is 0 Å². The SMILES string of the molecule is [CH]OCCCCCCCC/C=C\CCCCCCCC. The number of hydrogen-bond donors (Lipinski definition) is 0. The molecule has 20 heavy (non-hydrogen) atoms. The first-order valence-electron chi connectivity index (χ1n) is 8.88. The van der Waals surface area contributed by atoms with E-state index in [2.05, 4.69) is 23.8 Å². The van der Waals surface area contributed by atoms with Crippen LogP contribution in [0.2, 0.25) is 0 Å². The van der Waals surface area contributed by atoms with E-state index >= 15 is 0 Å². The monoisotopic (exact) mass is 280 g/mol. The molecule has 0 amide bonds. The van der Waals surface area contributed by atoms with Crippen LogP contribution < -0.4 is 0 Å². The fraction of sp³-hybridized carbons (Fsp3) is 0.842. The lowest BCUT2D eigenvalue weighted by Crippen LogP contribution is -1.86. The average molecular weight is 280 g/mol. The van der Waals surface area contributed by atoms with Crippen molar-refractivity contribution in [1.82, 2.24) is 0 Å². The van der Waals surface area contributed by atoms with Crippen molar-refractivity contribution in [2.45, 2.75) is 96.8 Å². The Morgan fingerprint density at radius 1 is 0.650 bits per heavy atom. The van der Waals surface area contributed by atoms with E-state index in [1.807, 2.05) is 0 Å². The van der Waals surface area contributed by atoms with Crippen molar-refractivity contribution in [2.24, 2.45) is 0 Å². The third kappa shape index (κ3) is 17.7. The minimum absolute atomic E-state index is 0.710. The number of hydrogen-bond acceptors (Lipinski definition) is 1. The minimum Gasteiger partial charge on any atom is -0.373 e. The van der Waals surface area contributed by atoms with Crippen molar-refractivity contribution in [3.63, 3.8) is 0 Å². The molecule has 0 spiro atoms. The summed E-state index contributed by atoms with van der Waals surface area (Å²) in [5.74, 6) is 0. The Labute approximate surface area is 128 Å². The molecule has 0 aliphatic rings. The van der Waals surface area contributed by atoms with Gasteiger partial charge in [-0.3, -0.25) is 0 Å². The molecular weight excluding hydrogens is 244 g/mol. The molecule has 0 N–H and O–H groups in total. The maximum atomic E-state index is 4.98. The molecule has 0 aromatic rings. The lowest BCUT2D eigenvalue weighted by molar-refractivity contribution is 0.233. The van der Waals surface area contributed by atoms with Gasteiger partial charge in [0.05, 0.1) is 0 Å². The summed E-state index contributed by atoms with van der Waals surface area (Å²) in [5.41, 5.74) is 0. The number of allylic oxidation sites excluding steroid dienone is 2. The molecule has 0 aromatic heterocycles. The highest BCUT2D eigenvalue weighted by Crippen LogP contribution is 2.09. The first-order chi connectivity index (χ1) is 9.91. The van der Waals surface area contributed by atoms with Gasteiger partial charge in [-0.1, -0.05) is 76.9 Å². The zero-order valence-corrected chi connectivity index (χ0v) is 13.7. The van der Waals surface area contributed by atoms with Gasteiger partial charge in [-0.25, -0.2) is 0 Å². The average Bonchev–Trinajstić information content (AvgIpc) is 2.47. The molecule has 0 heterocycles. The second-order valence-electron chi connectivity index (χ2n) is 5.81. The summed E-state index contributed by atoms with van der Waals surface area (Å²) in [6.45, 7) is 2.98. The van der Waals surface area contributed by atoms with Gasteiger partial charge in [0.25, 0.3) is 0 Å². The van der Waals surface area contributed by atoms with Crippen LogP contribution in [-0.4, -0.2) is 6.61 Å². The molecule has 0 aliphatic carbocycles. The fourth-order valence-corrected chi connectivity index (χ4v) is 2.43. The number of ether oxygens (including phenoxy) is 1. The predicted molar refractivity (Wildman–Crippen MR) is 89.7 cm³/mol. The topological polar surface area (TPSA) is 9.23 Å². The van der Waals surface area contributed by atoms with Gasteiger partial charge >= 0.3 is 0 Å². The maximum absolute atomic E-state index is 4.98. The largest absolute Gasteiger partial charge is 0.373 e. The van der Waals surface area contributed by atoms with E-state index in [0.717, 1.165) is 6.42 Å². The van der Waals surface area contributed by atoms with E-state index < -0.39 is 0 Å². The van der Waals surface area contributed by atoms with E-state index in [4.69, 9.17) is 7.11 Å². The maximum Gasteiger partial charge on any atom is 0.115 e. The van der Waals surface area contributed by atoms with Crippen molar-refractivity contribution in [1.29, 1.82) is 0 Å². The molecular formula is C19H36O. The van der Waals surface area contributed by atoms with Crippen molar-refractivity contribution in [2.75, 3.05) is 6.61 Å². The van der Waals surface area contributed by atoms with Gasteiger partial charge < -0.3 is 4.74 Å². The zero-order valence-electron chi connectivity index (χ0n) is 13.7. The van der Waals surface area contributed by atoms with Crippen LogP contribution in [-0.2, 0) is 4.74 Å². The molecule has 0 rings (SSSR count). The van der Waals surface area contributed by atoms with Gasteiger partial charge in [-0.05, 0) is 32.1 Å². The molecule has 0 fully saturated rings. The highest BCUT2D eigenvalue weighted by molar-refractivity contribution is 4.81. The van der Waals surface area contributed by atoms with Crippen LogP contribution in [0.25, 0.3) is 0 Å². The highest BCUT2D eigenvalue weighted by atomic mass is 16.5. The summed E-state index contributed by atoms with van der Waals surface area (Å²) < 4.78 is 4.55. The lowest BCUT2D eigenvalue weighted by atomic mass is 10.1. The summed E-state index contributed by atoms with van der Waals surface area (Å²) in [6.07, 6.45) is 23.5. The summed E-state index contributed by atoms with van der Waals surface area (Å²) in [4.78, 5) is 0. The Morgan fingerprint density at radius 2 is 1.10 bits per heavy atom. The normalized spacial score (nSPS) is 11.5. The highest BCUT2D eigenvalue weighted by Gasteiger charge is 1.91. The standard InChI is InChI=1S/C19H36O/c1-3-4-5-6-7-8-9-10-11-12-13-14-15-16-17-18-19-20-2/h2,10-11H,3-9,12-19H2,1H3/b11-10-. The van der Waals surface area contributed by atoms with Crippen LogP contribution in [0.1, 0.15) is 96.8 Å². The molecule has 0 atom stereocenters. The van der Waals surface area contributed by atoms with Crippen molar-refractivity contribution in [3.05, 3.63) is 19.3 Å². The second-order valence-corrected chi connectivity index (χ2v) is 5.81. The van der Waals surface area contributed by atoms with Crippen LogP contribution in [0.4, 0.5) is 0 Å². The molecule has 118 valence electrons. The fourth-order valence-electron chi connectivity index (χ4n) is 2.43. The van der Waals surface area contributed by atoms with Crippen LogP contribution in [0.3, 0.4) is 0 Å². The molecule has 0 bridgehead atoms. The van der Waals surface area contributed by atoms with Crippen LogP contribution in [0.15, 0.2) is 12.2 Å². The predicted octanol–water partition coefficient (Wildman–Crippen LogP) is 6.71. The third-order valence-corrected chi connectivity index (χ3v) is 3.77. The summed E-state index contributed by atoms with van der Waals surface area (Å²) in [5, 5.41) is 0. The molecule has 0 unspecified atom stereocenters. The van der Waals surface area contributed by atoms with Gasteiger partial charge in [0.1, 0.15) is 7.11 Å². The second kappa shape index (κ2) is 18.7. The third-order valence-electron chi connectivity index (χ3n) is 3.77. The smallest absolute Gasteiger partial charge is 0.115 e. The van der Waals surface area contributed by atoms with Gasteiger partial charge in [0.15, 0.2) is 0 Å². The van der Waals surface area contributed by atoms with Crippen LogP contribution in [0, 0.1) is 7.11 Å². The molecule has 0 saturated heterocycles. The number of rotatable bonds is 16. The Morgan fingerprint density at radius 3 is 1.60 bits per heavy atom. The number of unbranched alkanes of at least 4 members (excludes halogenated alkanes) is 12. The van der Waals surface area contributed by atoms with E-state index in [1.54, 1.807) is 0 Å². The molecule has 0 aliphatic heterocycles. The van der Waals surface area contributed by atoms with Crippen molar-refractivity contribution < 1.29 is 4.74 Å². The van der Waals surface area contributed by atoms with E-state index in [1.165, 1.54) is 83.5 Å². The first-order valence-corrected chi connectivity index (χ1v) is 8.88. The Hall–Kier alpha value is -0.300. The zero-order chi connectivity index (χ0) is 14.7. The minimum atomic E-state index is 0.710. The molecule has 2 radical (unpaired) electrons. The van der Waals surface area contributed by atoms with Crippen LogP contribution >= 0.6 is 0 Å². The summed E-state index contributed by atoms with van der Waals surface area (Å²) >= 11 is 0. The van der Waals surface area contributed by atoms with Gasteiger partial charge in [0, 0.05) is 6.61 Å². The Balaban J connectivity index is 3.01. The van der Waals surface area contributed by atoms with Gasteiger partial charge in [-0.2, -0.15) is 0 Å². The van der Waals surface area contributed by atoms with Crippen molar-refractivity contribution in [3.8, 4) is 0 Å². The molecule has 0 saturated carbocycles. The lowest BCUT2D eigenvalue weighted by Gasteiger charge is -2.00. The Kier molecular flexibility index (Phi) is 18.4. The summed E-state index contributed by atoms with van der Waals surface area (Å²) in [7, 11) is 4.98. The first kappa shape index (κ1) is 19.7. The quantitative estimate of drug-likeness (QED) is 0.225. The molecule has 0 aromatic carbocycles.